The first-order chi connectivity index (χ1) is 10.6. The van der Waals surface area contributed by atoms with Gasteiger partial charge in [0.15, 0.2) is 0 Å². The Labute approximate surface area is 143 Å². The number of nitrogens with zero attached hydrogens (tertiary/aromatic N) is 1. The number of carbonyl (C=O) groups is 1. The van der Waals surface area contributed by atoms with Crippen LogP contribution in [0.4, 0.5) is 5.69 Å². The molecule has 1 heterocycles. The summed E-state index contributed by atoms with van der Waals surface area (Å²) >= 11 is 13.7. The molecule has 1 unspecified atom stereocenters. The molecule has 0 saturated carbocycles. The number of anilines is 1. The van der Waals surface area contributed by atoms with E-state index in [0.29, 0.717) is 21.5 Å². The van der Waals surface area contributed by atoms with Gasteiger partial charge in [-0.2, -0.15) is 0 Å². The summed E-state index contributed by atoms with van der Waals surface area (Å²) < 4.78 is 5.16. The van der Waals surface area contributed by atoms with Gasteiger partial charge in [-0.1, -0.05) is 35.3 Å². The van der Waals surface area contributed by atoms with E-state index in [9.17, 15) is 4.79 Å². The molecule has 1 aliphatic rings. The van der Waals surface area contributed by atoms with E-state index in [2.05, 4.69) is 0 Å². The monoisotopic (exact) mass is 353 g/mol. The van der Waals surface area contributed by atoms with Crippen LogP contribution < -0.4 is 9.64 Å². The molecule has 1 fully saturated rings. The van der Waals surface area contributed by atoms with E-state index in [0.717, 1.165) is 11.3 Å². The van der Waals surface area contributed by atoms with Crippen molar-refractivity contribution in [1.29, 1.82) is 0 Å². The van der Waals surface area contributed by atoms with Gasteiger partial charge >= 0.3 is 0 Å². The number of benzene rings is 2. The summed E-state index contributed by atoms with van der Waals surface area (Å²) in [5, 5.41) is 1.09. The maximum atomic E-state index is 12.3. The van der Waals surface area contributed by atoms with Crippen molar-refractivity contribution in [2.75, 3.05) is 17.8 Å². The Morgan fingerprint density at radius 3 is 2.55 bits per heavy atom. The van der Waals surface area contributed by atoms with Crippen molar-refractivity contribution in [3.63, 3.8) is 0 Å². The molecule has 2 aromatic rings. The summed E-state index contributed by atoms with van der Waals surface area (Å²) in [7, 11) is 1.56. The topological polar surface area (TPSA) is 29.5 Å². The van der Waals surface area contributed by atoms with Gasteiger partial charge in [-0.15, -0.1) is 11.8 Å². The van der Waals surface area contributed by atoms with E-state index in [1.165, 1.54) is 0 Å². The Morgan fingerprint density at radius 2 is 1.91 bits per heavy atom. The molecule has 0 radical (unpaired) electrons. The van der Waals surface area contributed by atoms with Gasteiger partial charge < -0.3 is 4.74 Å². The van der Waals surface area contributed by atoms with Crippen molar-refractivity contribution in [2.45, 2.75) is 5.37 Å². The van der Waals surface area contributed by atoms with E-state index >= 15 is 0 Å². The SMILES string of the molecule is COc1ccc(N2C(=O)CSC2c2ccc(Cl)cc2)cc1Cl. The second-order valence-corrected chi connectivity index (χ2v) is 6.71. The standard InChI is InChI=1S/C16H13Cl2NO2S/c1-21-14-7-6-12(8-13(14)18)19-15(20)9-22-16(19)10-2-4-11(17)5-3-10/h2-8,16H,9H2,1H3. The summed E-state index contributed by atoms with van der Waals surface area (Å²) in [6.45, 7) is 0. The molecule has 0 aliphatic carbocycles. The van der Waals surface area contributed by atoms with Gasteiger partial charge in [-0.3, -0.25) is 9.69 Å². The van der Waals surface area contributed by atoms with Gasteiger partial charge in [0.05, 0.1) is 17.9 Å². The van der Waals surface area contributed by atoms with Crippen LogP contribution >= 0.6 is 35.0 Å². The highest BCUT2D eigenvalue weighted by Crippen LogP contribution is 2.43. The first-order valence-electron chi connectivity index (χ1n) is 6.63. The predicted molar refractivity (Wildman–Crippen MR) is 92.1 cm³/mol. The van der Waals surface area contributed by atoms with Gasteiger partial charge in [0.25, 0.3) is 0 Å². The number of amides is 1. The summed E-state index contributed by atoms with van der Waals surface area (Å²) in [5.74, 6) is 1.09. The number of rotatable bonds is 3. The largest absolute Gasteiger partial charge is 0.495 e. The maximum Gasteiger partial charge on any atom is 0.238 e. The molecule has 3 nitrogen and oxygen atoms in total. The van der Waals surface area contributed by atoms with Crippen molar-refractivity contribution in [1.82, 2.24) is 0 Å². The van der Waals surface area contributed by atoms with Crippen LogP contribution in [0.1, 0.15) is 10.9 Å². The van der Waals surface area contributed by atoms with Crippen LogP contribution in [0.2, 0.25) is 10.0 Å². The zero-order valence-corrected chi connectivity index (χ0v) is 14.1. The second kappa shape index (κ2) is 6.41. The first-order valence-corrected chi connectivity index (χ1v) is 8.43. The van der Waals surface area contributed by atoms with Crippen LogP contribution in [-0.2, 0) is 4.79 Å². The zero-order valence-electron chi connectivity index (χ0n) is 11.8. The average molecular weight is 354 g/mol. The molecule has 1 saturated heterocycles. The van der Waals surface area contributed by atoms with Crippen LogP contribution in [-0.4, -0.2) is 18.8 Å². The predicted octanol–water partition coefficient (Wildman–Crippen LogP) is 4.78. The lowest BCUT2D eigenvalue weighted by Crippen LogP contribution is -2.27. The third kappa shape index (κ3) is 2.91. The van der Waals surface area contributed by atoms with Crippen LogP contribution in [0.15, 0.2) is 42.5 Å². The van der Waals surface area contributed by atoms with Crippen molar-refractivity contribution in [3.05, 3.63) is 58.1 Å². The Morgan fingerprint density at radius 1 is 1.18 bits per heavy atom. The van der Waals surface area contributed by atoms with E-state index in [1.54, 1.807) is 35.9 Å². The van der Waals surface area contributed by atoms with Crippen molar-refractivity contribution >= 4 is 46.6 Å². The van der Waals surface area contributed by atoms with Gasteiger partial charge in [-0.25, -0.2) is 0 Å². The molecule has 0 bridgehead atoms. The number of methoxy groups -OCH3 is 1. The number of hydrogen-bond donors (Lipinski definition) is 0. The number of halogens is 2. The Bertz CT molecular complexity index is 706. The average Bonchev–Trinajstić information content (AvgIpc) is 2.89. The minimum absolute atomic E-state index is 0.0613. The quantitative estimate of drug-likeness (QED) is 0.794. The number of hydrogen-bond acceptors (Lipinski definition) is 3. The highest BCUT2D eigenvalue weighted by atomic mass is 35.5. The molecule has 0 N–H and O–H groups in total. The number of carbonyl (C=O) groups excluding carboxylic acids is 1. The number of thioether (sulfide) groups is 1. The van der Waals surface area contributed by atoms with Gasteiger partial charge in [0.1, 0.15) is 11.1 Å². The lowest BCUT2D eigenvalue weighted by Gasteiger charge is -2.25. The molecule has 0 spiro atoms. The van der Waals surface area contributed by atoms with Crippen molar-refractivity contribution in [3.8, 4) is 5.75 Å². The van der Waals surface area contributed by atoms with E-state index in [-0.39, 0.29) is 11.3 Å². The lowest BCUT2D eigenvalue weighted by molar-refractivity contribution is -0.115. The van der Waals surface area contributed by atoms with Crippen LogP contribution in [0.5, 0.6) is 5.75 Å². The molecule has 1 aliphatic heterocycles. The fraction of sp³-hybridized carbons (Fsp3) is 0.188. The molecule has 1 amide bonds. The van der Waals surface area contributed by atoms with E-state index in [4.69, 9.17) is 27.9 Å². The Hall–Kier alpha value is -1.36. The highest BCUT2D eigenvalue weighted by Gasteiger charge is 2.34. The summed E-state index contributed by atoms with van der Waals surface area (Å²) in [6, 6.07) is 12.9. The van der Waals surface area contributed by atoms with Crippen LogP contribution in [0, 0.1) is 0 Å². The van der Waals surface area contributed by atoms with Crippen molar-refractivity contribution < 1.29 is 9.53 Å². The summed E-state index contributed by atoms with van der Waals surface area (Å²) in [4.78, 5) is 14.1. The first kappa shape index (κ1) is 15.5. The smallest absolute Gasteiger partial charge is 0.238 e. The number of ether oxygens (including phenoxy) is 1. The lowest BCUT2D eigenvalue weighted by atomic mass is 10.2. The van der Waals surface area contributed by atoms with E-state index in [1.807, 2.05) is 30.3 Å². The molecule has 22 heavy (non-hydrogen) atoms. The molecular formula is C16H13Cl2NO2S. The minimum Gasteiger partial charge on any atom is -0.495 e. The molecule has 3 rings (SSSR count). The second-order valence-electron chi connectivity index (χ2n) is 4.80. The Balaban J connectivity index is 1.97. The molecule has 0 aromatic heterocycles. The molecular weight excluding hydrogens is 341 g/mol. The van der Waals surface area contributed by atoms with Gasteiger partial charge in [0.2, 0.25) is 5.91 Å². The fourth-order valence-corrected chi connectivity index (χ4v) is 3.94. The third-order valence-corrected chi connectivity index (χ3v) is 5.20. The van der Waals surface area contributed by atoms with Crippen LogP contribution in [0.3, 0.4) is 0 Å². The minimum atomic E-state index is -0.0748. The van der Waals surface area contributed by atoms with Gasteiger partial charge in [-0.05, 0) is 35.9 Å². The Kier molecular flexibility index (Phi) is 4.52. The summed E-state index contributed by atoms with van der Waals surface area (Å²) in [6.07, 6.45) is 0. The fourth-order valence-electron chi connectivity index (χ4n) is 2.38. The molecule has 1 atom stereocenters. The highest BCUT2D eigenvalue weighted by molar-refractivity contribution is 8.00. The molecule has 114 valence electrons. The normalized spacial score (nSPS) is 17.9. The summed E-state index contributed by atoms with van der Waals surface area (Å²) in [5.41, 5.74) is 1.80. The van der Waals surface area contributed by atoms with Crippen LogP contribution in [0.25, 0.3) is 0 Å². The molecule has 6 heteroatoms. The maximum absolute atomic E-state index is 12.3. The molecule has 2 aromatic carbocycles. The zero-order chi connectivity index (χ0) is 15.7. The third-order valence-electron chi connectivity index (χ3n) is 3.44. The van der Waals surface area contributed by atoms with Gasteiger partial charge in [0, 0.05) is 10.7 Å². The van der Waals surface area contributed by atoms with Crippen molar-refractivity contribution in [2.24, 2.45) is 0 Å². The van der Waals surface area contributed by atoms with E-state index < -0.39 is 0 Å².